The molecule has 0 bridgehead atoms. The van der Waals surface area contributed by atoms with Gasteiger partial charge < -0.3 is 9.47 Å². The van der Waals surface area contributed by atoms with Gasteiger partial charge in [-0.1, -0.05) is 30.3 Å². The minimum Gasteiger partial charge on any atom is -0.342 e. The Hall–Kier alpha value is -4.14. The highest BCUT2D eigenvalue weighted by Crippen LogP contribution is 2.36. The molecule has 0 unspecified atom stereocenters. The first-order valence-corrected chi connectivity index (χ1v) is 13.2. The largest absolute Gasteiger partial charge is 0.416 e. The van der Waals surface area contributed by atoms with Gasteiger partial charge in [0.1, 0.15) is 11.5 Å². The van der Waals surface area contributed by atoms with Crippen molar-refractivity contribution in [2.24, 2.45) is 11.8 Å². The lowest BCUT2D eigenvalue weighted by atomic mass is 10.1. The van der Waals surface area contributed by atoms with Crippen LogP contribution in [0.3, 0.4) is 0 Å². The summed E-state index contributed by atoms with van der Waals surface area (Å²) >= 11 is 0. The SMILES string of the molecule is O=C(C1CC1)N1CC[C@@H](Cn2c(-c3ccc(-c4cnc5ccccn45)cc3)nc3cc(C(F)(F)F)ccc32)C1. The van der Waals surface area contributed by atoms with Gasteiger partial charge in [-0.2, -0.15) is 13.2 Å². The van der Waals surface area contributed by atoms with E-state index in [1.165, 1.54) is 6.07 Å². The highest BCUT2D eigenvalue weighted by Gasteiger charge is 2.37. The molecule has 2 fully saturated rings. The van der Waals surface area contributed by atoms with Crippen LogP contribution in [0.5, 0.6) is 0 Å². The van der Waals surface area contributed by atoms with Crippen molar-refractivity contribution in [2.75, 3.05) is 13.1 Å². The molecule has 6 nitrogen and oxygen atoms in total. The van der Waals surface area contributed by atoms with E-state index in [4.69, 9.17) is 4.98 Å². The number of benzene rings is 2. The van der Waals surface area contributed by atoms with Crippen LogP contribution in [-0.2, 0) is 17.5 Å². The van der Waals surface area contributed by atoms with Crippen molar-refractivity contribution in [3.8, 4) is 22.6 Å². The maximum atomic E-state index is 13.5. The Morgan fingerprint density at radius 1 is 0.974 bits per heavy atom. The molecule has 2 aliphatic rings. The summed E-state index contributed by atoms with van der Waals surface area (Å²) in [4.78, 5) is 23.7. The van der Waals surface area contributed by atoms with Gasteiger partial charge in [-0.15, -0.1) is 0 Å². The van der Waals surface area contributed by atoms with E-state index in [1.807, 2.05) is 68.7 Å². The van der Waals surface area contributed by atoms with E-state index < -0.39 is 11.7 Å². The normalized spacial score (nSPS) is 17.9. The minimum atomic E-state index is -4.44. The molecular weight excluding hydrogens is 503 g/mol. The van der Waals surface area contributed by atoms with Crippen LogP contribution in [0.4, 0.5) is 13.2 Å². The summed E-state index contributed by atoms with van der Waals surface area (Å²) in [5.41, 5.74) is 3.86. The van der Waals surface area contributed by atoms with Gasteiger partial charge in [0, 0.05) is 42.9 Å². The first kappa shape index (κ1) is 23.9. The summed E-state index contributed by atoms with van der Waals surface area (Å²) in [5.74, 6) is 1.26. The molecule has 1 saturated heterocycles. The molecule has 3 aromatic heterocycles. The number of amides is 1. The zero-order valence-electron chi connectivity index (χ0n) is 21.1. The molecule has 7 rings (SSSR count). The van der Waals surface area contributed by atoms with Crippen molar-refractivity contribution in [3.63, 3.8) is 0 Å². The zero-order valence-corrected chi connectivity index (χ0v) is 21.1. The number of aromatic nitrogens is 4. The number of fused-ring (bicyclic) bond motifs is 2. The molecule has 1 amide bonds. The average molecular weight is 530 g/mol. The van der Waals surface area contributed by atoms with Crippen molar-refractivity contribution in [1.82, 2.24) is 23.8 Å². The van der Waals surface area contributed by atoms with Gasteiger partial charge in [-0.3, -0.25) is 9.20 Å². The van der Waals surface area contributed by atoms with Gasteiger partial charge in [0.05, 0.1) is 28.5 Å². The van der Waals surface area contributed by atoms with Crippen LogP contribution in [0, 0.1) is 11.8 Å². The monoisotopic (exact) mass is 529 g/mol. The van der Waals surface area contributed by atoms with E-state index in [-0.39, 0.29) is 17.7 Å². The van der Waals surface area contributed by atoms with Crippen molar-refractivity contribution in [3.05, 3.63) is 78.6 Å². The van der Waals surface area contributed by atoms with Gasteiger partial charge in [-0.25, -0.2) is 9.97 Å². The smallest absolute Gasteiger partial charge is 0.342 e. The third-order valence-electron chi connectivity index (χ3n) is 7.90. The molecule has 5 aromatic rings. The van der Waals surface area contributed by atoms with Gasteiger partial charge in [0.25, 0.3) is 0 Å². The Kier molecular flexibility index (Phi) is 5.50. The number of nitrogens with zero attached hydrogens (tertiary/aromatic N) is 5. The van der Waals surface area contributed by atoms with Crippen molar-refractivity contribution in [2.45, 2.75) is 32.0 Å². The second-order valence-corrected chi connectivity index (χ2v) is 10.6. The van der Waals surface area contributed by atoms with Gasteiger partial charge in [0.15, 0.2) is 0 Å². The van der Waals surface area contributed by atoms with Crippen LogP contribution >= 0.6 is 0 Å². The lowest BCUT2D eigenvalue weighted by Crippen LogP contribution is -2.30. The molecule has 39 heavy (non-hydrogen) atoms. The van der Waals surface area contributed by atoms with E-state index in [9.17, 15) is 18.0 Å². The van der Waals surface area contributed by atoms with Crippen LogP contribution in [-0.4, -0.2) is 42.8 Å². The van der Waals surface area contributed by atoms with E-state index in [1.54, 1.807) is 0 Å². The lowest BCUT2D eigenvalue weighted by molar-refractivity contribution is -0.137. The van der Waals surface area contributed by atoms with Crippen LogP contribution in [0.15, 0.2) is 73.1 Å². The fraction of sp³-hybridized carbons (Fsp3) is 0.300. The number of likely N-dealkylation sites (tertiary alicyclic amines) is 1. The molecule has 0 N–H and O–H groups in total. The van der Waals surface area contributed by atoms with E-state index in [2.05, 4.69) is 4.98 Å². The van der Waals surface area contributed by atoms with Crippen molar-refractivity contribution in [1.29, 1.82) is 0 Å². The van der Waals surface area contributed by atoms with Crippen LogP contribution < -0.4 is 0 Å². The maximum Gasteiger partial charge on any atom is 0.416 e. The van der Waals surface area contributed by atoms with Gasteiger partial charge in [0.2, 0.25) is 5.91 Å². The highest BCUT2D eigenvalue weighted by atomic mass is 19.4. The quantitative estimate of drug-likeness (QED) is 0.269. The highest BCUT2D eigenvalue weighted by molar-refractivity contribution is 5.82. The van der Waals surface area contributed by atoms with Crippen LogP contribution in [0.25, 0.3) is 39.3 Å². The number of hydrogen-bond donors (Lipinski definition) is 0. The Balaban J connectivity index is 1.25. The van der Waals surface area contributed by atoms with Crippen molar-refractivity contribution >= 4 is 22.6 Å². The lowest BCUT2D eigenvalue weighted by Gasteiger charge is -2.18. The van der Waals surface area contributed by atoms with E-state index >= 15 is 0 Å². The standard InChI is InChI=1S/C30H26F3N5O/c31-30(32,33)23-10-11-25-24(15-23)35-28(38(25)18-19-12-14-36(17-19)29(39)22-8-9-22)21-6-4-20(5-7-21)26-16-34-27-3-1-2-13-37(26)27/h1-7,10-11,13,15-16,19,22H,8-9,12,14,17-18H2/t19-/m1/s1. The molecule has 2 aromatic carbocycles. The van der Waals surface area contributed by atoms with E-state index in [0.29, 0.717) is 29.9 Å². The van der Waals surface area contributed by atoms with Crippen LogP contribution in [0.1, 0.15) is 24.8 Å². The third kappa shape index (κ3) is 4.35. The fourth-order valence-electron chi connectivity index (χ4n) is 5.68. The van der Waals surface area contributed by atoms with E-state index in [0.717, 1.165) is 60.4 Å². The number of halogens is 3. The molecule has 0 radical (unpaired) electrons. The first-order valence-electron chi connectivity index (χ1n) is 13.2. The Bertz CT molecular complexity index is 1700. The third-order valence-corrected chi connectivity index (χ3v) is 7.90. The molecule has 0 spiro atoms. The molecule has 1 aliphatic heterocycles. The van der Waals surface area contributed by atoms with Gasteiger partial charge >= 0.3 is 6.18 Å². The summed E-state index contributed by atoms with van der Waals surface area (Å²) < 4.78 is 44.5. The minimum absolute atomic E-state index is 0.181. The molecule has 1 saturated carbocycles. The molecule has 1 atom stereocenters. The summed E-state index contributed by atoms with van der Waals surface area (Å²) in [5, 5.41) is 0. The molecule has 198 valence electrons. The second-order valence-electron chi connectivity index (χ2n) is 10.6. The summed E-state index contributed by atoms with van der Waals surface area (Å²) in [6.07, 6.45) is 2.16. The molecular formula is C30H26F3N5O. The fourth-order valence-corrected chi connectivity index (χ4v) is 5.68. The van der Waals surface area contributed by atoms with Gasteiger partial charge in [-0.05, 0) is 55.5 Å². The number of hydrogen-bond acceptors (Lipinski definition) is 3. The summed E-state index contributed by atoms with van der Waals surface area (Å²) in [7, 11) is 0. The van der Waals surface area contributed by atoms with Crippen molar-refractivity contribution < 1.29 is 18.0 Å². The molecule has 1 aliphatic carbocycles. The number of rotatable bonds is 5. The van der Waals surface area contributed by atoms with Crippen LogP contribution in [0.2, 0.25) is 0 Å². The zero-order chi connectivity index (χ0) is 26.7. The summed E-state index contributed by atoms with van der Waals surface area (Å²) in [6, 6.07) is 17.5. The molecule has 9 heteroatoms. The Morgan fingerprint density at radius 3 is 2.54 bits per heavy atom. The Morgan fingerprint density at radius 2 is 1.77 bits per heavy atom. The number of carbonyl (C=O) groups is 1. The number of carbonyl (C=O) groups excluding carboxylic acids is 1. The Labute approximate surface area is 222 Å². The second kappa shape index (κ2) is 8.97. The number of imidazole rings is 2. The maximum absolute atomic E-state index is 13.5. The molecule has 4 heterocycles. The predicted molar refractivity (Wildman–Crippen MR) is 142 cm³/mol. The first-order chi connectivity index (χ1) is 18.8. The summed E-state index contributed by atoms with van der Waals surface area (Å²) in [6.45, 7) is 1.98. The number of alkyl halides is 3. The number of pyridine rings is 1. The topological polar surface area (TPSA) is 55.4 Å². The predicted octanol–water partition coefficient (Wildman–Crippen LogP) is 6.30. The average Bonchev–Trinajstić information content (AvgIpc) is 3.37.